The van der Waals surface area contributed by atoms with Crippen LogP contribution in [0.1, 0.15) is 52.9 Å². The molecule has 0 bridgehead atoms. The Bertz CT molecular complexity index is 472. The Morgan fingerprint density at radius 3 is 2.24 bits per heavy atom. The zero-order valence-electron chi connectivity index (χ0n) is 15.2. The van der Waals surface area contributed by atoms with Crippen molar-refractivity contribution in [1.82, 2.24) is 10.6 Å². The number of methoxy groups -OCH3 is 1. The van der Waals surface area contributed by atoms with Gasteiger partial charge in [0.05, 0.1) is 13.5 Å². The molecule has 0 unspecified atom stereocenters. The fourth-order valence-electron chi connectivity index (χ4n) is 1.85. The van der Waals surface area contributed by atoms with E-state index in [4.69, 9.17) is 9.84 Å². The quantitative estimate of drug-likeness (QED) is 0.394. The zero-order valence-corrected chi connectivity index (χ0v) is 15.2. The molecule has 9 nitrogen and oxygen atoms in total. The van der Waals surface area contributed by atoms with E-state index in [-0.39, 0.29) is 18.7 Å². The highest BCUT2D eigenvalue weighted by atomic mass is 16.6. The molecule has 0 aliphatic rings. The Kier molecular flexibility index (Phi) is 10.2. The molecule has 0 radical (unpaired) electrons. The van der Waals surface area contributed by atoms with Crippen molar-refractivity contribution >= 4 is 23.9 Å². The molecule has 0 heterocycles. The average molecular weight is 360 g/mol. The van der Waals surface area contributed by atoms with Crippen LogP contribution in [0.3, 0.4) is 0 Å². The molecule has 3 N–H and O–H groups in total. The number of nitrogens with one attached hydrogen (secondary N) is 2. The molecule has 0 aromatic rings. The molecule has 144 valence electrons. The summed E-state index contributed by atoms with van der Waals surface area (Å²) >= 11 is 0. The molecule has 0 spiro atoms. The smallest absolute Gasteiger partial charge is 0.408 e. The minimum absolute atomic E-state index is 0.0691. The lowest BCUT2D eigenvalue weighted by Crippen LogP contribution is -2.44. The lowest BCUT2D eigenvalue weighted by Gasteiger charge is -2.22. The Balaban J connectivity index is 4.16. The van der Waals surface area contributed by atoms with E-state index in [1.165, 1.54) is 7.11 Å². The molecule has 0 saturated heterocycles. The van der Waals surface area contributed by atoms with Crippen LogP contribution in [-0.2, 0) is 23.9 Å². The van der Waals surface area contributed by atoms with Gasteiger partial charge in [0.1, 0.15) is 11.6 Å². The van der Waals surface area contributed by atoms with Crippen molar-refractivity contribution in [2.24, 2.45) is 0 Å². The first-order chi connectivity index (χ1) is 11.5. The SMILES string of the molecule is COC(=O)[C@H](CCCCNC(=O)CCC(=O)O)NC(=O)OC(C)(C)C. The summed E-state index contributed by atoms with van der Waals surface area (Å²) < 4.78 is 9.76. The standard InChI is InChI=1S/C16H28N2O7/c1-16(2,3)25-15(23)18-11(14(22)24-4)7-5-6-10-17-12(19)8-9-13(20)21/h11H,5-10H2,1-4H3,(H,17,19)(H,18,23)(H,20,21)/t11-/m0/s1. The van der Waals surface area contributed by atoms with E-state index in [0.717, 1.165) is 0 Å². The van der Waals surface area contributed by atoms with Crippen LogP contribution in [0.5, 0.6) is 0 Å². The molecule has 0 aliphatic carbocycles. The van der Waals surface area contributed by atoms with E-state index in [1.54, 1.807) is 20.8 Å². The summed E-state index contributed by atoms with van der Waals surface area (Å²) in [4.78, 5) is 45.2. The first kappa shape index (κ1) is 22.7. The fraction of sp³-hybridized carbons (Fsp3) is 0.750. The molecule has 0 saturated carbocycles. The Morgan fingerprint density at radius 2 is 1.72 bits per heavy atom. The molecule has 9 heteroatoms. The summed E-state index contributed by atoms with van der Waals surface area (Å²) in [5, 5.41) is 13.5. The predicted molar refractivity (Wildman–Crippen MR) is 88.9 cm³/mol. The number of unbranched alkanes of at least 4 members (excludes halogenated alkanes) is 1. The van der Waals surface area contributed by atoms with Gasteiger partial charge in [0.25, 0.3) is 0 Å². The van der Waals surface area contributed by atoms with Gasteiger partial charge in [-0.15, -0.1) is 0 Å². The summed E-state index contributed by atoms with van der Waals surface area (Å²) in [5.74, 6) is -1.93. The van der Waals surface area contributed by atoms with Crippen molar-refractivity contribution < 1.29 is 33.8 Å². The molecule has 0 aromatic carbocycles. The number of alkyl carbamates (subject to hydrolysis) is 1. The van der Waals surface area contributed by atoms with Gasteiger partial charge in [0.2, 0.25) is 5.91 Å². The van der Waals surface area contributed by atoms with Gasteiger partial charge in [-0.1, -0.05) is 0 Å². The largest absolute Gasteiger partial charge is 0.481 e. The first-order valence-corrected chi connectivity index (χ1v) is 8.11. The van der Waals surface area contributed by atoms with Gasteiger partial charge < -0.3 is 25.2 Å². The lowest BCUT2D eigenvalue weighted by atomic mass is 10.1. The van der Waals surface area contributed by atoms with Crippen LogP contribution in [0.15, 0.2) is 0 Å². The summed E-state index contributed by atoms with van der Waals surface area (Å²) in [5.41, 5.74) is -0.676. The van der Waals surface area contributed by atoms with E-state index in [2.05, 4.69) is 15.4 Å². The third-order valence-corrected chi connectivity index (χ3v) is 2.98. The first-order valence-electron chi connectivity index (χ1n) is 8.11. The van der Waals surface area contributed by atoms with Crippen molar-refractivity contribution in [1.29, 1.82) is 0 Å². The van der Waals surface area contributed by atoms with Crippen molar-refractivity contribution in [3.63, 3.8) is 0 Å². The number of carbonyl (C=O) groups excluding carboxylic acids is 3. The number of esters is 1. The highest BCUT2D eigenvalue weighted by molar-refractivity contribution is 5.81. The minimum Gasteiger partial charge on any atom is -0.481 e. The van der Waals surface area contributed by atoms with E-state index in [1.807, 2.05) is 0 Å². The average Bonchev–Trinajstić information content (AvgIpc) is 2.48. The van der Waals surface area contributed by atoms with Gasteiger partial charge in [-0.3, -0.25) is 9.59 Å². The van der Waals surface area contributed by atoms with Crippen LogP contribution in [-0.4, -0.2) is 54.3 Å². The molecule has 0 aromatic heterocycles. The van der Waals surface area contributed by atoms with Crippen molar-refractivity contribution in [3.05, 3.63) is 0 Å². The maximum Gasteiger partial charge on any atom is 0.408 e. The summed E-state index contributed by atoms with van der Waals surface area (Å²) in [7, 11) is 1.23. The Morgan fingerprint density at radius 1 is 1.08 bits per heavy atom. The van der Waals surface area contributed by atoms with Crippen molar-refractivity contribution in [3.8, 4) is 0 Å². The number of carboxylic acid groups (broad SMARTS) is 1. The maximum atomic E-state index is 11.7. The van der Waals surface area contributed by atoms with Crippen LogP contribution >= 0.6 is 0 Å². The second-order valence-electron chi connectivity index (χ2n) is 6.46. The third-order valence-electron chi connectivity index (χ3n) is 2.98. The minimum atomic E-state index is -1.02. The second-order valence-corrected chi connectivity index (χ2v) is 6.46. The normalized spacial score (nSPS) is 12.0. The number of carbonyl (C=O) groups is 4. The number of aliphatic carboxylic acids is 1. The van der Waals surface area contributed by atoms with Crippen molar-refractivity contribution in [2.75, 3.05) is 13.7 Å². The number of carboxylic acids is 1. The van der Waals surface area contributed by atoms with Gasteiger partial charge in [-0.2, -0.15) is 0 Å². The highest BCUT2D eigenvalue weighted by Crippen LogP contribution is 2.09. The third kappa shape index (κ3) is 12.7. The Hall–Kier alpha value is -2.32. The lowest BCUT2D eigenvalue weighted by molar-refractivity contribution is -0.143. The molecule has 0 aliphatic heterocycles. The predicted octanol–water partition coefficient (Wildman–Crippen LogP) is 1.20. The molecule has 1 atom stereocenters. The van der Waals surface area contributed by atoms with Gasteiger partial charge in [-0.05, 0) is 40.0 Å². The van der Waals surface area contributed by atoms with Crippen LogP contribution in [0.4, 0.5) is 4.79 Å². The molecular formula is C16H28N2O7. The van der Waals surface area contributed by atoms with E-state index >= 15 is 0 Å². The molecule has 0 rings (SSSR count). The number of amides is 2. The van der Waals surface area contributed by atoms with Gasteiger partial charge >= 0.3 is 18.0 Å². The van der Waals surface area contributed by atoms with E-state index in [0.29, 0.717) is 25.8 Å². The summed E-state index contributed by atoms with van der Waals surface area (Å²) in [6.07, 6.45) is 0.467. The fourth-order valence-corrected chi connectivity index (χ4v) is 1.85. The van der Waals surface area contributed by atoms with Gasteiger partial charge in [0, 0.05) is 13.0 Å². The van der Waals surface area contributed by atoms with E-state index < -0.39 is 29.7 Å². The van der Waals surface area contributed by atoms with Crippen molar-refractivity contribution in [2.45, 2.75) is 64.5 Å². The molecule has 25 heavy (non-hydrogen) atoms. The monoisotopic (exact) mass is 360 g/mol. The Labute approximate surface area is 147 Å². The van der Waals surface area contributed by atoms with E-state index in [9.17, 15) is 19.2 Å². The number of hydrogen-bond donors (Lipinski definition) is 3. The molecule has 2 amide bonds. The summed E-state index contributed by atoms with van der Waals surface area (Å²) in [6.45, 7) is 5.51. The maximum absolute atomic E-state index is 11.7. The van der Waals surface area contributed by atoms with Gasteiger partial charge in [-0.25, -0.2) is 9.59 Å². The van der Waals surface area contributed by atoms with Crippen LogP contribution < -0.4 is 10.6 Å². The number of ether oxygens (including phenoxy) is 2. The van der Waals surface area contributed by atoms with Gasteiger partial charge in [0.15, 0.2) is 0 Å². The van der Waals surface area contributed by atoms with Crippen LogP contribution in [0.25, 0.3) is 0 Å². The highest BCUT2D eigenvalue weighted by Gasteiger charge is 2.24. The molecule has 0 fully saturated rings. The second kappa shape index (κ2) is 11.3. The van der Waals surface area contributed by atoms with Crippen LogP contribution in [0.2, 0.25) is 0 Å². The summed E-state index contributed by atoms with van der Waals surface area (Å²) in [6, 6.07) is -0.831. The topological polar surface area (TPSA) is 131 Å². The number of rotatable bonds is 10. The number of hydrogen-bond acceptors (Lipinski definition) is 6. The zero-order chi connectivity index (χ0) is 19.5. The molecular weight excluding hydrogens is 332 g/mol. The van der Waals surface area contributed by atoms with Crippen LogP contribution in [0, 0.1) is 0 Å².